The Morgan fingerprint density at radius 1 is 1.17 bits per heavy atom. The summed E-state index contributed by atoms with van der Waals surface area (Å²) in [7, 11) is 0. The number of rotatable bonds is 3. The summed E-state index contributed by atoms with van der Waals surface area (Å²) >= 11 is 1.85. The van der Waals surface area contributed by atoms with Crippen molar-refractivity contribution in [1.29, 1.82) is 0 Å². The van der Waals surface area contributed by atoms with Crippen molar-refractivity contribution in [1.82, 2.24) is 14.2 Å². The van der Waals surface area contributed by atoms with Gasteiger partial charge in [0.25, 0.3) is 0 Å². The molecular formula is C14H25N3S. The highest BCUT2D eigenvalue weighted by atomic mass is 32.2. The van der Waals surface area contributed by atoms with E-state index in [9.17, 15) is 0 Å². The van der Waals surface area contributed by atoms with Gasteiger partial charge in [0.2, 0.25) is 0 Å². The zero-order chi connectivity index (χ0) is 13.4. The van der Waals surface area contributed by atoms with Crippen molar-refractivity contribution in [3.05, 3.63) is 29.6 Å². The van der Waals surface area contributed by atoms with Gasteiger partial charge in [-0.2, -0.15) is 0 Å². The predicted molar refractivity (Wildman–Crippen MR) is 80.7 cm³/mol. The van der Waals surface area contributed by atoms with Crippen LogP contribution < -0.4 is 0 Å². The molecule has 1 aromatic rings. The van der Waals surface area contributed by atoms with Gasteiger partial charge in [0.15, 0.2) is 0 Å². The van der Waals surface area contributed by atoms with Crippen molar-refractivity contribution in [2.24, 2.45) is 0 Å². The second-order valence-corrected chi connectivity index (χ2v) is 5.08. The van der Waals surface area contributed by atoms with E-state index in [1.807, 2.05) is 38.9 Å². The molecule has 0 aliphatic carbocycles. The summed E-state index contributed by atoms with van der Waals surface area (Å²) < 4.78 is 2.42. The van der Waals surface area contributed by atoms with Crippen molar-refractivity contribution in [3.8, 4) is 0 Å². The zero-order valence-electron chi connectivity index (χ0n) is 12.0. The molecule has 0 amide bonds. The molecule has 0 bridgehead atoms. The molecule has 1 fully saturated rings. The molecule has 2 heterocycles. The minimum absolute atomic E-state index is 1.04. The summed E-state index contributed by atoms with van der Waals surface area (Å²) in [6.45, 7) is 11.7. The van der Waals surface area contributed by atoms with Crippen LogP contribution in [0.25, 0.3) is 0 Å². The number of nitrogens with zero attached hydrogens (tertiary/aromatic N) is 3. The normalized spacial score (nSPS) is 17.1. The third-order valence-electron chi connectivity index (χ3n) is 2.97. The Morgan fingerprint density at radius 3 is 2.33 bits per heavy atom. The first-order chi connectivity index (χ1) is 8.78. The van der Waals surface area contributed by atoms with Gasteiger partial charge in [-0.25, -0.2) is 4.31 Å². The Hall–Kier alpha value is -0.580. The first-order valence-corrected chi connectivity index (χ1v) is 7.89. The number of piperazine rings is 1. The smallest absolute Gasteiger partial charge is 0.0372 e. The maximum absolute atomic E-state index is 4.33. The van der Waals surface area contributed by atoms with Gasteiger partial charge in [0.05, 0.1) is 0 Å². The summed E-state index contributed by atoms with van der Waals surface area (Å²) in [4.78, 5) is 6.83. The minimum Gasteiger partial charge on any atom is -0.296 e. The van der Waals surface area contributed by atoms with Crippen molar-refractivity contribution in [2.45, 2.75) is 27.3 Å². The molecule has 18 heavy (non-hydrogen) atoms. The number of hydrogen-bond acceptors (Lipinski definition) is 4. The number of hydrogen-bond donors (Lipinski definition) is 0. The van der Waals surface area contributed by atoms with E-state index in [2.05, 4.69) is 32.6 Å². The lowest BCUT2D eigenvalue weighted by atomic mass is 10.2. The third kappa shape index (κ3) is 4.96. The molecule has 1 aliphatic heterocycles. The van der Waals surface area contributed by atoms with E-state index >= 15 is 0 Å². The first-order valence-electron chi connectivity index (χ1n) is 6.71. The van der Waals surface area contributed by atoms with E-state index in [-0.39, 0.29) is 0 Å². The summed E-state index contributed by atoms with van der Waals surface area (Å²) in [5, 5.41) is 0. The predicted octanol–water partition coefficient (Wildman–Crippen LogP) is 2.81. The summed E-state index contributed by atoms with van der Waals surface area (Å²) in [6.07, 6.45) is 4.15. The Morgan fingerprint density at radius 2 is 1.83 bits per heavy atom. The fraction of sp³-hybridized carbons (Fsp3) is 0.643. The van der Waals surface area contributed by atoms with E-state index < -0.39 is 0 Å². The van der Waals surface area contributed by atoms with Crippen LogP contribution in [-0.2, 0) is 6.54 Å². The molecule has 0 aromatic carbocycles. The largest absolute Gasteiger partial charge is 0.296 e. The number of pyridine rings is 1. The second kappa shape index (κ2) is 8.51. The van der Waals surface area contributed by atoms with Gasteiger partial charge in [-0.1, -0.05) is 31.9 Å². The Balaban J connectivity index is 0.000000771. The summed E-state index contributed by atoms with van der Waals surface area (Å²) in [6, 6.07) is 4.27. The Kier molecular flexibility index (Phi) is 7.32. The topological polar surface area (TPSA) is 19.4 Å². The SMILES string of the molecule is CC.CSN1CCN(Cc2ccc(C)nc2)CC1. The Labute approximate surface area is 116 Å². The van der Waals surface area contributed by atoms with Gasteiger partial charge in [-0.05, 0) is 24.8 Å². The van der Waals surface area contributed by atoms with Crippen LogP contribution >= 0.6 is 11.9 Å². The standard InChI is InChI=1S/C12H19N3S.C2H6/c1-11-3-4-12(9-13-11)10-14-5-7-15(16-2)8-6-14;1-2/h3-4,9H,5-8,10H2,1-2H3;1-2H3. The molecular weight excluding hydrogens is 242 g/mol. The summed E-state index contributed by atoms with van der Waals surface area (Å²) in [5.74, 6) is 0. The number of aromatic nitrogens is 1. The quantitative estimate of drug-likeness (QED) is 0.784. The van der Waals surface area contributed by atoms with Gasteiger partial charge >= 0.3 is 0 Å². The van der Waals surface area contributed by atoms with Gasteiger partial charge < -0.3 is 0 Å². The van der Waals surface area contributed by atoms with Crippen LogP contribution in [0.3, 0.4) is 0 Å². The highest BCUT2D eigenvalue weighted by molar-refractivity contribution is 7.96. The molecule has 0 radical (unpaired) electrons. The maximum Gasteiger partial charge on any atom is 0.0372 e. The van der Waals surface area contributed by atoms with E-state index in [1.165, 1.54) is 18.7 Å². The van der Waals surface area contributed by atoms with E-state index in [4.69, 9.17) is 0 Å². The fourth-order valence-corrected chi connectivity index (χ4v) is 2.45. The molecule has 0 spiro atoms. The molecule has 102 valence electrons. The van der Waals surface area contributed by atoms with Gasteiger partial charge in [-0.15, -0.1) is 0 Å². The highest BCUT2D eigenvalue weighted by Gasteiger charge is 2.15. The lowest BCUT2D eigenvalue weighted by Gasteiger charge is -2.33. The molecule has 2 rings (SSSR count). The van der Waals surface area contributed by atoms with Gasteiger partial charge in [0.1, 0.15) is 0 Å². The van der Waals surface area contributed by atoms with E-state index in [0.29, 0.717) is 0 Å². The van der Waals surface area contributed by atoms with Crippen LogP contribution in [0.4, 0.5) is 0 Å². The first kappa shape index (κ1) is 15.5. The average Bonchev–Trinajstić information content (AvgIpc) is 2.44. The van der Waals surface area contributed by atoms with Crippen molar-refractivity contribution < 1.29 is 0 Å². The van der Waals surface area contributed by atoms with Crippen LogP contribution in [0.1, 0.15) is 25.1 Å². The lowest BCUT2D eigenvalue weighted by molar-refractivity contribution is 0.189. The lowest BCUT2D eigenvalue weighted by Crippen LogP contribution is -2.42. The minimum atomic E-state index is 1.04. The monoisotopic (exact) mass is 267 g/mol. The van der Waals surface area contributed by atoms with Crippen molar-refractivity contribution in [3.63, 3.8) is 0 Å². The highest BCUT2D eigenvalue weighted by Crippen LogP contribution is 2.12. The molecule has 0 unspecified atom stereocenters. The molecule has 0 atom stereocenters. The molecule has 4 heteroatoms. The molecule has 1 aromatic heterocycles. The van der Waals surface area contributed by atoms with Crippen LogP contribution in [0.2, 0.25) is 0 Å². The van der Waals surface area contributed by atoms with Crippen LogP contribution in [0.15, 0.2) is 18.3 Å². The molecule has 0 N–H and O–H groups in total. The molecule has 1 aliphatic rings. The summed E-state index contributed by atoms with van der Waals surface area (Å²) in [5.41, 5.74) is 2.42. The maximum atomic E-state index is 4.33. The van der Waals surface area contributed by atoms with Crippen LogP contribution in [-0.4, -0.2) is 46.6 Å². The van der Waals surface area contributed by atoms with Crippen molar-refractivity contribution >= 4 is 11.9 Å². The van der Waals surface area contributed by atoms with Crippen LogP contribution in [0.5, 0.6) is 0 Å². The number of aryl methyl sites for hydroxylation is 1. The average molecular weight is 267 g/mol. The third-order valence-corrected chi connectivity index (χ3v) is 3.85. The fourth-order valence-electron chi connectivity index (χ4n) is 1.92. The molecule has 3 nitrogen and oxygen atoms in total. The van der Waals surface area contributed by atoms with Gasteiger partial charge in [-0.3, -0.25) is 9.88 Å². The van der Waals surface area contributed by atoms with Crippen molar-refractivity contribution in [2.75, 3.05) is 32.4 Å². The van der Waals surface area contributed by atoms with Crippen LogP contribution in [0, 0.1) is 6.92 Å². The van der Waals surface area contributed by atoms with E-state index in [0.717, 1.165) is 25.3 Å². The van der Waals surface area contributed by atoms with Gasteiger partial charge in [0, 0.05) is 44.6 Å². The Bertz CT molecular complexity index is 318. The van der Waals surface area contributed by atoms with E-state index in [1.54, 1.807) is 0 Å². The second-order valence-electron chi connectivity index (χ2n) is 4.20. The molecule has 0 saturated carbocycles. The molecule has 1 saturated heterocycles. The zero-order valence-corrected chi connectivity index (χ0v) is 12.8.